The fourth-order valence-electron chi connectivity index (χ4n) is 1.19. The maximum atomic E-state index is 6.00. The Balaban J connectivity index is 2.29. The fraction of sp³-hybridized carbons (Fsp3) is 0.111. The molecule has 0 radical (unpaired) electrons. The van der Waals surface area contributed by atoms with Gasteiger partial charge in [-0.15, -0.1) is 5.10 Å². The Morgan fingerprint density at radius 3 is 2.47 bits per heavy atom. The van der Waals surface area contributed by atoms with Crippen molar-refractivity contribution in [3.63, 3.8) is 0 Å². The molecule has 0 aliphatic carbocycles. The van der Waals surface area contributed by atoms with Gasteiger partial charge in [-0.3, -0.25) is 0 Å². The van der Waals surface area contributed by atoms with E-state index in [4.69, 9.17) is 34.8 Å². The normalized spacial score (nSPS) is 10.6. The van der Waals surface area contributed by atoms with E-state index in [1.54, 1.807) is 0 Å². The molecule has 15 heavy (non-hydrogen) atoms. The second-order valence-electron chi connectivity index (χ2n) is 2.90. The van der Waals surface area contributed by atoms with Gasteiger partial charge in [0.05, 0.1) is 6.54 Å². The molecule has 0 atom stereocenters. The van der Waals surface area contributed by atoms with Crippen molar-refractivity contribution in [1.82, 2.24) is 14.8 Å². The lowest BCUT2D eigenvalue weighted by atomic mass is 10.2. The minimum absolute atomic E-state index is 0.132. The Morgan fingerprint density at radius 1 is 1.13 bits per heavy atom. The highest BCUT2D eigenvalue weighted by Gasteiger charge is 2.07. The van der Waals surface area contributed by atoms with Gasteiger partial charge in [0.25, 0.3) is 0 Å². The van der Waals surface area contributed by atoms with E-state index in [0.717, 1.165) is 5.56 Å². The van der Waals surface area contributed by atoms with Crippen LogP contribution >= 0.6 is 34.8 Å². The SMILES string of the molecule is Clc1nc(Cl)n(Cc2ccccc2Cl)n1. The zero-order chi connectivity index (χ0) is 10.8. The van der Waals surface area contributed by atoms with E-state index >= 15 is 0 Å². The molecule has 2 rings (SSSR count). The van der Waals surface area contributed by atoms with Crippen LogP contribution in [0.15, 0.2) is 24.3 Å². The number of benzene rings is 1. The average Bonchev–Trinajstić information content (AvgIpc) is 2.49. The van der Waals surface area contributed by atoms with Crippen molar-refractivity contribution >= 4 is 34.8 Å². The molecule has 0 saturated heterocycles. The van der Waals surface area contributed by atoms with E-state index in [9.17, 15) is 0 Å². The summed E-state index contributed by atoms with van der Waals surface area (Å²) in [6.07, 6.45) is 0. The van der Waals surface area contributed by atoms with Crippen molar-refractivity contribution in [2.24, 2.45) is 0 Å². The number of rotatable bonds is 2. The predicted molar refractivity (Wildman–Crippen MR) is 60.6 cm³/mol. The lowest BCUT2D eigenvalue weighted by Gasteiger charge is -2.03. The molecule has 0 amide bonds. The molecule has 0 unspecified atom stereocenters. The third kappa shape index (κ3) is 2.43. The fourth-order valence-corrected chi connectivity index (χ4v) is 1.77. The van der Waals surface area contributed by atoms with Crippen LogP contribution in [0.5, 0.6) is 0 Å². The third-order valence-electron chi connectivity index (χ3n) is 1.88. The third-order valence-corrected chi connectivity index (χ3v) is 2.69. The van der Waals surface area contributed by atoms with Gasteiger partial charge in [-0.05, 0) is 34.8 Å². The minimum atomic E-state index is 0.132. The van der Waals surface area contributed by atoms with Gasteiger partial charge in [0.15, 0.2) is 0 Å². The van der Waals surface area contributed by atoms with Gasteiger partial charge in [0.2, 0.25) is 10.6 Å². The van der Waals surface area contributed by atoms with Crippen LogP contribution in [0.2, 0.25) is 15.6 Å². The molecule has 0 bridgehead atoms. The second-order valence-corrected chi connectivity index (χ2v) is 3.98. The van der Waals surface area contributed by atoms with E-state index in [0.29, 0.717) is 11.6 Å². The van der Waals surface area contributed by atoms with Gasteiger partial charge in [-0.1, -0.05) is 29.8 Å². The quantitative estimate of drug-likeness (QED) is 0.831. The van der Waals surface area contributed by atoms with Crippen molar-refractivity contribution in [2.45, 2.75) is 6.54 Å². The number of nitrogens with zero attached hydrogens (tertiary/aromatic N) is 3. The summed E-state index contributed by atoms with van der Waals surface area (Å²) >= 11 is 17.4. The Bertz CT molecular complexity index is 481. The molecule has 1 aromatic carbocycles. The Labute approximate surface area is 102 Å². The molecule has 0 aliphatic rings. The first kappa shape index (κ1) is 10.7. The monoisotopic (exact) mass is 261 g/mol. The lowest BCUT2D eigenvalue weighted by molar-refractivity contribution is 0.686. The first-order valence-corrected chi connectivity index (χ1v) is 5.29. The maximum absolute atomic E-state index is 6.00. The standard InChI is InChI=1S/C9H6Cl3N3/c10-7-4-2-1-3-6(7)5-15-9(12)13-8(11)14-15/h1-4H,5H2. The smallest absolute Gasteiger partial charge is 0.230 e. The molecule has 6 heteroatoms. The molecule has 1 heterocycles. The Morgan fingerprint density at radius 2 is 1.87 bits per heavy atom. The van der Waals surface area contributed by atoms with Crippen molar-refractivity contribution in [3.05, 3.63) is 45.4 Å². The number of hydrogen-bond donors (Lipinski definition) is 0. The Hall–Kier alpha value is -0.770. The first-order chi connectivity index (χ1) is 7.16. The highest BCUT2D eigenvalue weighted by atomic mass is 35.5. The zero-order valence-corrected chi connectivity index (χ0v) is 9.76. The summed E-state index contributed by atoms with van der Waals surface area (Å²) in [5.41, 5.74) is 0.919. The van der Waals surface area contributed by atoms with Crippen LogP contribution in [0.1, 0.15) is 5.56 Å². The molecule has 3 nitrogen and oxygen atoms in total. The van der Waals surface area contributed by atoms with Crippen molar-refractivity contribution < 1.29 is 0 Å². The van der Waals surface area contributed by atoms with Crippen molar-refractivity contribution in [3.8, 4) is 0 Å². The summed E-state index contributed by atoms with van der Waals surface area (Å²) in [7, 11) is 0. The molecule has 0 N–H and O–H groups in total. The molecular formula is C9H6Cl3N3. The summed E-state index contributed by atoms with van der Waals surface area (Å²) in [6.45, 7) is 0.457. The average molecular weight is 263 g/mol. The van der Waals surface area contributed by atoms with Gasteiger partial charge in [0.1, 0.15) is 0 Å². The first-order valence-electron chi connectivity index (χ1n) is 4.16. The van der Waals surface area contributed by atoms with Crippen LogP contribution in [-0.4, -0.2) is 14.8 Å². The molecule has 2 aromatic rings. The highest BCUT2D eigenvalue weighted by molar-refractivity contribution is 6.32. The maximum Gasteiger partial charge on any atom is 0.243 e. The largest absolute Gasteiger partial charge is 0.243 e. The summed E-state index contributed by atoms with van der Waals surface area (Å²) in [5.74, 6) is 0. The van der Waals surface area contributed by atoms with E-state index < -0.39 is 0 Å². The van der Waals surface area contributed by atoms with Crippen LogP contribution in [0.3, 0.4) is 0 Å². The molecular weight excluding hydrogens is 256 g/mol. The predicted octanol–water partition coefficient (Wildman–Crippen LogP) is 3.29. The van der Waals surface area contributed by atoms with E-state index in [-0.39, 0.29) is 10.6 Å². The summed E-state index contributed by atoms with van der Waals surface area (Å²) in [6, 6.07) is 7.47. The van der Waals surface area contributed by atoms with E-state index in [1.165, 1.54) is 4.68 Å². The molecule has 0 saturated carbocycles. The van der Waals surface area contributed by atoms with Gasteiger partial charge in [0, 0.05) is 5.02 Å². The van der Waals surface area contributed by atoms with Crippen LogP contribution in [0.25, 0.3) is 0 Å². The van der Waals surface area contributed by atoms with Crippen molar-refractivity contribution in [1.29, 1.82) is 0 Å². The topological polar surface area (TPSA) is 30.7 Å². The minimum Gasteiger partial charge on any atom is -0.230 e. The van der Waals surface area contributed by atoms with Crippen LogP contribution < -0.4 is 0 Å². The van der Waals surface area contributed by atoms with Crippen LogP contribution in [0, 0.1) is 0 Å². The number of aromatic nitrogens is 3. The molecule has 0 spiro atoms. The van der Waals surface area contributed by atoms with Gasteiger partial charge in [-0.25, -0.2) is 4.68 Å². The van der Waals surface area contributed by atoms with E-state index in [1.807, 2.05) is 24.3 Å². The second kappa shape index (κ2) is 4.39. The number of halogens is 3. The summed E-state index contributed by atoms with van der Waals surface area (Å²) in [4.78, 5) is 3.78. The van der Waals surface area contributed by atoms with Crippen LogP contribution in [0.4, 0.5) is 0 Å². The van der Waals surface area contributed by atoms with Gasteiger partial charge >= 0.3 is 0 Å². The number of hydrogen-bond acceptors (Lipinski definition) is 2. The van der Waals surface area contributed by atoms with E-state index in [2.05, 4.69) is 10.1 Å². The van der Waals surface area contributed by atoms with Gasteiger partial charge in [-0.2, -0.15) is 4.98 Å². The zero-order valence-electron chi connectivity index (χ0n) is 7.49. The van der Waals surface area contributed by atoms with Gasteiger partial charge < -0.3 is 0 Å². The molecule has 0 fully saturated rings. The Kier molecular flexibility index (Phi) is 3.14. The van der Waals surface area contributed by atoms with Crippen molar-refractivity contribution in [2.75, 3.05) is 0 Å². The molecule has 1 aromatic heterocycles. The lowest BCUT2D eigenvalue weighted by Crippen LogP contribution is -2.02. The molecule has 0 aliphatic heterocycles. The summed E-state index contributed by atoms with van der Waals surface area (Å²) in [5, 5.41) is 4.98. The molecule has 78 valence electrons. The van der Waals surface area contributed by atoms with Crippen LogP contribution in [-0.2, 0) is 6.54 Å². The summed E-state index contributed by atoms with van der Waals surface area (Å²) < 4.78 is 1.49. The highest BCUT2D eigenvalue weighted by Crippen LogP contribution is 2.18.